The Hall–Kier alpha value is -1.93. The Bertz CT molecular complexity index is 675. The van der Waals surface area contributed by atoms with Gasteiger partial charge >= 0.3 is 11.9 Å². The standard InChI is InChI=1S/C17H24O7S/c1-17(2,3)23-15(18)11-10-14(24-25(4,20)21)16(19)22-12-13-8-6-5-7-9-13/h5-9,14H,10-12H2,1-4H3. The average molecular weight is 372 g/mol. The SMILES string of the molecule is CC(C)(C)OC(=O)CCC(OS(C)(=O)=O)C(=O)OCc1ccccc1. The Balaban J connectivity index is 2.65. The van der Waals surface area contributed by atoms with Crippen molar-refractivity contribution >= 4 is 22.1 Å². The van der Waals surface area contributed by atoms with Gasteiger partial charge in [-0.1, -0.05) is 30.3 Å². The van der Waals surface area contributed by atoms with Crippen molar-refractivity contribution in [2.24, 2.45) is 0 Å². The molecule has 0 bridgehead atoms. The van der Waals surface area contributed by atoms with Crippen molar-refractivity contribution in [2.75, 3.05) is 6.26 Å². The summed E-state index contributed by atoms with van der Waals surface area (Å²) in [6, 6.07) is 8.93. The summed E-state index contributed by atoms with van der Waals surface area (Å²) in [5.41, 5.74) is 0.0825. The number of ether oxygens (including phenoxy) is 2. The van der Waals surface area contributed by atoms with E-state index in [2.05, 4.69) is 0 Å². The number of carbonyl (C=O) groups excluding carboxylic acids is 2. The first-order valence-electron chi connectivity index (χ1n) is 7.77. The van der Waals surface area contributed by atoms with Crippen LogP contribution in [0.3, 0.4) is 0 Å². The van der Waals surface area contributed by atoms with Crippen molar-refractivity contribution in [3.05, 3.63) is 35.9 Å². The predicted molar refractivity (Wildman–Crippen MR) is 91.0 cm³/mol. The molecule has 0 saturated heterocycles. The van der Waals surface area contributed by atoms with E-state index in [0.717, 1.165) is 11.8 Å². The number of hydrogen-bond acceptors (Lipinski definition) is 7. The fourth-order valence-corrected chi connectivity index (χ4v) is 2.48. The maximum Gasteiger partial charge on any atom is 0.337 e. The first-order valence-corrected chi connectivity index (χ1v) is 9.58. The van der Waals surface area contributed by atoms with Crippen LogP contribution in [0.4, 0.5) is 0 Å². The van der Waals surface area contributed by atoms with Gasteiger partial charge < -0.3 is 9.47 Å². The Morgan fingerprint density at radius 2 is 1.72 bits per heavy atom. The van der Waals surface area contributed by atoms with E-state index in [4.69, 9.17) is 13.7 Å². The molecular weight excluding hydrogens is 348 g/mol. The highest BCUT2D eigenvalue weighted by molar-refractivity contribution is 7.86. The molecular formula is C17H24O7S. The van der Waals surface area contributed by atoms with Crippen molar-refractivity contribution in [1.29, 1.82) is 0 Å². The van der Waals surface area contributed by atoms with Crippen LogP contribution >= 0.6 is 0 Å². The van der Waals surface area contributed by atoms with Gasteiger partial charge in [0.2, 0.25) is 0 Å². The van der Waals surface area contributed by atoms with Crippen LogP contribution in [0.2, 0.25) is 0 Å². The van der Waals surface area contributed by atoms with Crippen molar-refractivity contribution in [3.8, 4) is 0 Å². The third-order valence-corrected chi connectivity index (χ3v) is 3.39. The monoisotopic (exact) mass is 372 g/mol. The lowest BCUT2D eigenvalue weighted by atomic mass is 10.1. The van der Waals surface area contributed by atoms with Gasteiger partial charge in [0.25, 0.3) is 10.1 Å². The lowest BCUT2D eigenvalue weighted by Crippen LogP contribution is -2.31. The molecule has 0 aliphatic carbocycles. The Kier molecular flexibility index (Phi) is 7.57. The van der Waals surface area contributed by atoms with Crippen LogP contribution in [0, 0.1) is 0 Å². The molecule has 0 N–H and O–H groups in total. The smallest absolute Gasteiger partial charge is 0.337 e. The summed E-state index contributed by atoms with van der Waals surface area (Å²) in [4.78, 5) is 23.9. The molecule has 0 amide bonds. The average Bonchev–Trinajstić information content (AvgIpc) is 2.47. The molecule has 0 aliphatic rings. The zero-order valence-corrected chi connectivity index (χ0v) is 15.7. The lowest BCUT2D eigenvalue weighted by molar-refractivity contribution is -0.157. The van der Waals surface area contributed by atoms with Gasteiger partial charge in [-0.25, -0.2) is 4.79 Å². The maximum absolute atomic E-state index is 12.1. The molecule has 1 unspecified atom stereocenters. The molecule has 1 rings (SSSR count). The summed E-state index contributed by atoms with van der Waals surface area (Å²) in [6.45, 7) is 5.12. The quantitative estimate of drug-likeness (QED) is 0.510. The summed E-state index contributed by atoms with van der Waals surface area (Å²) in [6.07, 6.45) is -0.892. The zero-order valence-electron chi connectivity index (χ0n) is 14.9. The highest BCUT2D eigenvalue weighted by Gasteiger charge is 2.27. The minimum absolute atomic E-state index is 0.0181. The second-order valence-corrected chi connectivity index (χ2v) is 8.11. The highest BCUT2D eigenvalue weighted by Crippen LogP contribution is 2.14. The molecule has 7 nitrogen and oxygen atoms in total. The van der Waals surface area contributed by atoms with Gasteiger partial charge in [-0.15, -0.1) is 0 Å². The van der Waals surface area contributed by atoms with Gasteiger partial charge in [0.05, 0.1) is 6.26 Å². The van der Waals surface area contributed by atoms with Crippen molar-refractivity contribution in [2.45, 2.75) is 51.9 Å². The van der Waals surface area contributed by atoms with Crippen LogP contribution in [0.5, 0.6) is 0 Å². The maximum atomic E-state index is 12.1. The fourth-order valence-electron chi connectivity index (χ4n) is 1.88. The van der Waals surface area contributed by atoms with E-state index < -0.39 is 33.8 Å². The molecule has 0 aromatic heterocycles. The zero-order chi connectivity index (χ0) is 19.1. The number of carbonyl (C=O) groups is 2. The van der Waals surface area contributed by atoms with E-state index in [0.29, 0.717) is 0 Å². The molecule has 1 aromatic carbocycles. The fraction of sp³-hybridized carbons (Fsp3) is 0.529. The summed E-state index contributed by atoms with van der Waals surface area (Å²) >= 11 is 0. The van der Waals surface area contributed by atoms with Crippen LogP contribution < -0.4 is 0 Å². The van der Waals surface area contributed by atoms with E-state index in [1.165, 1.54) is 0 Å². The Morgan fingerprint density at radius 1 is 1.12 bits per heavy atom. The van der Waals surface area contributed by atoms with Crippen molar-refractivity contribution in [3.63, 3.8) is 0 Å². The van der Waals surface area contributed by atoms with E-state index in [1.54, 1.807) is 45.0 Å². The molecule has 140 valence electrons. The van der Waals surface area contributed by atoms with E-state index in [-0.39, 0.29) is 19.4 Å². The van der Waals surface area contributed by atoms with E-state index >= 15 is 0 Å². The van der Waals surface area contributed by atoms with Crippen LogP contribution in [0.25, 0.3) is 0 Å². The van der Waals surface area contributed by atoms with Crippen molar-refractivity contribution < 1.29 is 31.7 Å². The number of esters is 2. The largest absolute Gasteiger partial charge is 0.460 e. The lowest BCUT2D eigenvalue weighted by Gasteiger charge is -2.20. The molecule has 1 atom stereocenters. The summed E-state index contributed by atoms with van der Waals surface area (Å²) in [5.74, 6) is -1.40. The normalized spacial score (nSPS) is 13.1. The second-order valence-electron chi connectivity index (χ2n) is 6.51. The molecule has 25 heavy (non-hydrogen) atoms. The first-order chi connectivity index (χ1) is 11.5. The van der Waals surface area contributed by atoms with Gasteiger partial charge in [0, 0.05) is 6.42 Å². The molecule has 8 heteroatoms. The molecule has 0 heterocycles. The van der Waals surface area contributed by atoms with Crippen LogP contribution in [0.15, 0.2) is 30.3 Å². The molecule has 0 aliphatic heterocycles. The van der Waals surface area contributed by atoms with E-state index in [1.807, 2.05) is 6.07 Å². The topological polar surface area (TPSA) is 96.0 Å². The van der Waals surface area contributed by atoms with Crippen LogP contribution in [0.1, 0.15) is 39.2 Å². The number of hydrogen-bond donors (Lipinski definition) is 0. The van der Waals surface area contributed by atoms with Gasteiger partial charge in [-0.05, 0) is 32.8 Å². The Labute approximate surface area is 148 Å². The van der Waals surface area contributed by atoms with Crippen LogP contribution in [-0.2, 0) is 40.0 Å². The summed E-state index contributed by atoms with van der Waals surface area (Å²) < 4.78 is 37.7. The van der Waals surface area contributed by atoms with Gasteiger partial charge in [0.15, 0.2) is 6.10 Å². The predicted octanol–water partition coefficient (Wildman–Crippen LogP) is 2.20. The molecule has 0 fully saturated rings. The molecule has 0 spiro atoms. The minimum atomic E-state index is -3.89. The van der Waals surface area contributed by atoms with Gasteiger partial charge in [0.1, 0.15) is 12.2 Å². The molecule has 0 radical (unpaired) electrons. The second kappa shape index (κ2) is 8.96. The third kappa shape index (κ3) is 9.83. The number of benzene rings is 1. The van der Waals surface area contributed by atoms with Gasteiger partial charge in [-0.3, -0.25) is 8.98 Å². The Morgan fingerprint density at radius 3 is 2.24 bits per heavy atom. The minimum Gasteiger partial charge on any atom is -0.460 e. The molecule has 0 saturated carbocycles. The van der Waals surface area contributed by atoms with Crippen molar-refractivity contribution in [1.82, 2.24) is 0 Å². The summed E-state index contributed by atoms with van der Waals surface area (Å²) in [5, 5.41) is 0. The first kappa shape index (κ1) is 21.1. The van der Waals surface area contributed by atoms with Gasteiger partial charge in [-0.2, -0.15) is 8.42 Å². The summed E-state index contributed by atoms with van der Waals surface area (Å²) in [7, 11) is -3.89. The van der Waals surface area contributed by atoms with E-state index in [9.17, 15) is 18.0 Å². The van der Waals surface area contributed by atoms with Crippen LogP contribution in [-0.4, -0.2) is 38.3 Å². The highest BCUT2D eigenvalue weighted by atomic mass is 32.2. The number of rotatable bonds is 8. The molecule has 1 aromatic rings. The third-order valence-electron chi connectivity index (χ3n) is 2.81.